The van der Waals surface area contributed by atoms with Crippen molar-refractivity contribution in [1.29, 1.82) is 0 Å². The van der Waals surface area contributed by atoms with Crippen LogP contribution in [-0.4, -0.2) is 19.1 Å². The van der Waals surface area contributed by atoms with Gasteiger partial charge in [-0.3, -0.25) is 4.79 Å². The minimum atomic E-state index is -0.258. The molecule has 22 heavy (non-hydrogen) atoms. The number of anilines is 1. The lowest BCUT2D eigenvalue weighted by Crippen LogP contribution is -2.20. The SMILES string of the molecule is CCOc1ccccc1OCC(=O)Nc1ccc(C)c(Cl)c1. The number of ether oxygens (including phenoxy) is 2. The molecule has 0 spiro atoms. The predicted molar refractivity (Wildman–Crippen MR) is 87.9 cm³/mol. The minimum absolute atomic E-state index is 0.102. The summed E-state index contributed by atoms with van der Waals surface area (Å²) in [6.07, 6.45) is 0. The van der Waals surface area contributed by atoms with Gasteiger partial charge in [0, 0.05) is 10.7 Å². The van der Waals surface area contributed by atoms with Crippen LogP contribution in [0.25, 0.3) is 0 Å². The van der Waals surface area contributed by atoms with Gasteiger partial charge in [-0.15, -0.1) is 0 Å². The Morgan fingerprint density at radius 1 is 1.14 bits per heavy atom. The van der Waals surface area contributed by atoms with E-state index in [-0.39, 0.29) is 12.5 Å². The van der Waals surface area contributed by atoms with E-state index >= 15 is 0 Å². The zero-order valence-electron chi connectivity index (χ0n) is 12.6. The van der Waals surface area contributed by atoms with Gasteiger partial charge in [0.1, 0.15) is 0 Å². The lowest BCUT2D eigenvalue weighted by molar-refractivity contribution is -0.118. The van der Waals surface area contributed by atoms with E-state index in [0.29, 0.717) is 28.8 Å². The number of hydrogen-bond acceptors (Lipinski definition) is 3. The van der Waals surface area contributed by atoms with Crippen LogP contribution in [0.1, 0.15) is 12.5 Å². The molecule has 0 aliphatic rings. The van der Waals surface area contributed by atoms with Crippen LogP contribution in [0.4, 0.5) is 5.69 Å². The third kappa shape index (κ3) is 4.40. The van der Waals surface area contributed by atoms with Gasteiger partial charge >= 0.3 is 0 Å². The standard InChI is InChI=1S/C17H18ClNO3/c1-3-21-15-6-4-5-7-16(15)22-11-17(20)19-13-9-8-12(2)14(18)10-13/h4-10H,3,11H2,1-2H3,(H,19,20). The van der Waals surface area contributed by atoms with E-state index in [1.165, 1.54) is 0 Å². The summed E-state index contributed by atoms with van der Waals surface area (Å²) in [7, 11) is 0. The fourth-order valence-corrected chi connectivity index (χ4v) is 2.04. The number of amides is 1. The minimum Gasteiger partial charge on any atom is -0.490 e. The second-order valence-corrected chi connectivity index (χ2v) is 5.09. The fourth-order valence-electron chi connectivity index (χ4n) is 1.86. The molecule has 4 nitrogen and oxygen atoms in total. The maximum Gasteiger partial charge on any atom is 0.262 e. The summed E-state index contributed by atoms with van der Waals surface area (Å²) in [6.45, 7) is 4.23. The zero-order valence-corrected chi connectivity index (χ0v) is 13.3. The van der Waals surface area contributed by atoms with E-state index < -0.39 is 0 Å². The molecular weight excluding hydrogens is 302 g/mol. The monoisotopic (exact) mass is 319 g/mol. The molecule has 0 saturated carbocycles. The Kier molecular flexibility index (Phi) is 5.67. The second-order valence-electron chi connectivity index (χ2n) is 4.68. The Hall–Kier alpha value is -2.20. The summed E-state index contributed by atoms with van der Waals surface area (Å²) >= 11 is 6.03. The molecule has 0 saturated heterocycles. The molecule has 0 aliphatic carbocycles. The summed E-state index contributed by atoms with van der Waals surface area (Å²) < 4.78 is 10.9. The van der Waals surface area contributed by atoms with Crippen LogP contribution in [0.3, 0.4) is 0 Å². The number of benzene rings is 2. The van der Waals surface area contributed by atoms with Crippen LogP contribution < -0.4 is 14.8 Å². The third-order valence-corrected chi connectivity index (χ3v) is 3.37. The first kappa shape index (κ1) is 16.2. The highest BCUT2D eigenvalue weighted by molar-refractivity contribution is 6.31. The molecule has 0 heterocycles. The van der Waals surface area contributed by atoms with Crippen LogP contribution in [0.15, 0.2) is 42.5 Å². The smallest absolute Gasteiger partial charge is 0.262 e. The van der Waals surface area contributed by atoms with Crippen molar-refractivity contribution in [2.75, 3.05) is 18.5 Å². The van der Waals surface area contributed by atoms with Gasteiger partial charge in [-0.25, -0.2) is 0 Å². The van der Waals surface area contributed by atoms with Gasteiger partial charge in [0.05, 0.1) is 6.61 Å². The number of nitrogens with one attached hydrogen (secondary N) is 1. The highest BCUT2D eigenvalue weighted by Crippen LogP contribution is 2.26. The average Bonchev–Trinajstić information content (AvgIpc) is 2.50. The Bertz CT molecular complexity index is 658. The molecule has 2 aromatic carbocycles. The maximum absolute atomic E-state index is 11.9. The number of halogens is 1. The molecule has 1 amide bonds. The lowest BCUT2D eigenvalue weighted by Gasteiger charge is -2.12. The van der Waals surface area contributed by atoms with Crippen LogP contribution in [0.5, 0.6) is 11.5 Å². The first-order chi connectivity index (χ1) is 10.6. The first-order valence-electron chi connectivity index (χ1n) is 7.00. The predicted octanol–water partition coefficient (Wildman–Crippen LogP) is 4.06. The Balaban J connectivity index is 1.94. The van der Waals surface area contributed by atoms with Crippen molar-refractivity contribution in [3.8, 4) is 11.5 Å². The van der Waals surface area contributed by atoms with E-state index in [0.717, 1.165) is 5.56 Å². The van der Waals surface area contributed by atoms with Crippen LogP contribution in [0.2, 0.25) is 5.02 Å². The van der Waals surface area contributed by atoms with E-state index in [1.54, 1.807) is 24.3 Å². The Morgan fingerprint density at radius 2 is 1.82 bits per heavy atom. The molecule has 2 rings (SSSR count). The highest BCUT2D eigenvalue weighted by Gasteiger charge is 2.08. The number of aryl methyl sites for hydroxylation is 1. The normalized spacial score (nSPS) is 10.1. The number of hydrogen-bond donors (Lipinski definition) is 1. The first-order valence-corrected chi connectivity index (χ1v) is 7.38. The number of carbonyl (C=O) groups excluding carboxylic acids is 1. The third-order valence-electron chi connectivity index (χ3n) is 2.96. The van der Waals surface area contributed by atoms with Crippen molar-refractivity contribution < 1.29 is 14.3 Å². The number of carbonyl (C=O) groups is 1. The van der Waals surface area contributed by atoms with Crippen molar-refractivity contribution in [3.05, 3.63) is 53.1 Å². The van der Waals surface area contributed by atoms with Crippen molar-refractivity contribution in [2.45, 2.75) is 13.8 Å². The Morgan fingerprint density at radius 3 is 2.45 bits per heavy atom. The molecule has 0 bridgehead atoms. The van der Waals surface area contributed by atoms with E-state index in [9.17, 15) is 4.79 Å². The van der Waals surface area contributed by atoms with Crippen molar-refractivity contribution in [2.24, 2.45) is 0 Å². The van der Waals surface area contributed by atoms with E-state index in [2.05, 4.69) is 5.32 Å². The van der Waals surface area contributed by atoms with Gasteiger partial charge in [0.15, 0.2) is 18.1 Å². The van der Waals surface area contributed by atoms with Crippen LogP contribution >= 0.6 is 11.6 Å². The second kappa shape index (κ2) is 7.71. The topological polar surface area (TPSA) is 47.6 Å². The Labute approximate surface area is 135 Å². The molecule has 2 aromatic rings. The summed E-state index contributed by atoms with van der Waals surface area (Å²) in [5, 5.41) is 3.35. The molecule has 0 fully saturated rings. The quantitative estimate of drug-likeness (QED) is 0.873. The molecule has 0 radical (unpaired) electrons. The fraction of sp³-hybridized carbons (Fsp3) is 0.235. The molecule has 0 aromatic heterocycles. The summed E-state index contributed by atoms with van der Waals surface area (Å²) in [5.74, 6) is 0.906. The molecule has 0 unspecified atom stereocenters. The van der Waals surface area contributed by atoms with Gasteiger partial charge in [0.25, 0.3) is 5.91 Å². The summed E-state index contributed by atoms with van der Waals surface area (Å²) in [4.78, 5) is 11.9. The van der Waals surface area contributed by atoms with Crippen LogP contribution in [0, 0.1) is 6.92 Å². The van der Waals surface area contributed by atoms with Gasteiger partial charge in [0.2, 0.25) is 0 Å². The lowest BCUT2D eigenvalue weighted by atomic mass is 10.2. The summed E-state index contributed by atoms with van der Waals surface area (Å²) in [6, 6.07) is 12.6. The van der Waals surface area contributed by atoms with Gasteiger partial charge in [-0.05, 0) is 43.7 Å². The van der Waals surface area contributed by atoms with Crippen molar-refractivity contribution in [1.82, 2.24) is 0 Å². The van der Waals surface area contributed by atoms with Crippen molar-refractivity contribution >= 4 is 23.2 Å². The molecule has 0 atom stereocenters. The van der Waals surface area contributed by atoms with Crippen LogP contribution in [-0.2, 0) is 4.79 Å². The average molecular weight is 320 g/mol. The van der Waals surface area contributed by atoms with Gasteiger partial charge in [-0.2, -0.15) is 0 Å². The van der Waals surface area contributed by atoms with Gasteiger partial charge < -0.3 is 14.8 Å². The van der Waals surface area contributed by atoms with Gasteiger partial charge in [-0.1, -0.05) is 29.8 Å². The number of rotatable bonds is 6. The maximum atomic E-state index is 11.9. The van der Waals surface area contributed by atoms with Crippen molar-refractivity contribution in [3.63, 3.8) is 0 Å². The highest BCUT2D eigenvalue weighted by atomic mass is 35.5. The van der Waals surface area contributed by atoms with E-state index in [1.807, 2.05) is 32.0 Å². The zero-order chi connectivity index (χ0) is 15.9. The number of para-hydroxylation sites is 2. The molecular formula is C17H18ClNO3. The molecule has 1 N–H and O–H groups in total. The molecule has 116 valence electrons. The summed E-state index contributed by atoms with van der Waals surface area (Å²) in [5.41, 5.74) is 1.60. The molecule has 0 aliphatic heterocycles. The van der Waals surface area contributed by atoms with E-state index in [4.69, 9.17) is 21.1 Å². The largest absolute Gasteiger partial charge is 0.490 e. The molecule has 5 heteroatoms.